The highest BCUT2D eigenvalue weighted by Crippen LogP contribution is 2.39. The predicted molar refractivity (Wildman–Crippen MR) is 116 cm³/mol. The van der Waals surface area contributed by atoms with Gasteiger partial charge < -0.3 is 10.4 Å². The molecule has 1 aliphatic heterocycles. The van der Waals surface area contributed by atoms with Gasteiger partial charge in [0, 0.05) is 22.6 Å². The average molecular weight is 401 g/mol. The fourth-order valence-electron chi connectivity index (χ4n) is 3.90. The number of fused-ring (bicyclic) bond motifs is 2. The predicted octanol–water partition coefficient (Wildman–Crippen LogP) is 6.14. The van der Waals surface area contributed by atoms with Crippen LogP contribution in [0.1, 0.15) is 33.9 Å². The lowest BCUT2D eigenvalue weighted by atomic mass is 9.95. The number of benzene rings is 3. The summed E-state index contributed by atoms with van der Waals surface area (Å²) < 4.78 is 0. The number of Topliss-reactive ketones (excluding diaryl/α,β-unsaturated/α-hetero) is 1. The van der Waals surface area contributed by atoms with Gasteiger partial charge in [-0.3, -0.25) is 9.79 Å². The van der Waals surface area contributed by atoms with Gasteiger partial charge in [-0.1, -0.05) is 60.1 Å². The summed E-state index contributed by atoms with van der Waals surface area (Å²) in [5.74, 6) is -0.190. The molecule has 5 heteroatoms. The van der Waals surface area contributed by atoms with Crippen LogP contribution in [0.15, 0.2) is 83.4 Å². The first kappa shape index (κ1) is 17.7. The number of halogens is 1. The Hall–Kier alpha value is -3.37. The summed E-state index contributed by atoms with van der Waals surface area (Å²) in [5, 5.41) is 15.0. The van der Waals surface area contributed by atoms with Gasteiger partial charge in [0.25, 0.3) is 0 Å². The second-order valence-electron chi connectivity index (χ2n) is 7.13. The fourth-order valence-corrected chi connectivity index (χ4v) is 4.03. The van der Waals surface area contributed by atoms with Crippen LogP contribution >= 0.6 is 11.6 Å². The number of nitrogens with one attached hydrogen (secondary N) is 1. The van der Waals surface area contributed by atoms with E-state index in [4.69, 9.17) is 16.6 Å². The smallest absolute Gasteiger partial charge is 0.199 e. The van der Waals surface area contributed by atoms with Gasteiger partial charge in [-0.05, 0) is 29.8 Å². The Morgan fingerprint density at radius 1 is 0.931 bits per heavy atom. The van der Waals surface area contributed by atoms with Crippen molar-refractivity contribution in [2.45, 2.75) is 12.5 Å². The molecular formula is C24H17ClN2O2. The number of para-hydroxylation sites is 2. The van der Waals surface area contributed by atoms with Gasteiger partial charge >= 0.3 is 0 Å². The normalized spacial score (nSPS) is 17.9. The van der Waals surface area contributed by atoms with E-state index in [-0.39, 0.29) is 23.2 Å². The zero-order valence-electron chi connectivity index (χ0n) is 15.4. The van der Waals surface area contributed by atoms with Crippen LogP contribution in [0.25, 0.3) is 5.76 Å². The van der Waals surface area contributed by atoms with Crippen molar-refractivity contribution in [3.63, 3.8) is 0 Å². The van der Waals surface area contributed by atoms with Crippen LogP contribution in [0.4, 0.5) is 11.4 Å². The molecule has 3 aromatic carbocycles. The number of allylic oxidation sites excluding steroid dienone is 1. The van der Waals surface area contributed by atoms with Crippen molar-refractivity contribution < 1.29 is 9.90 Å². The van der Waals surface area contributed by atoms with Crippen LogP contribution in [0.2, 0.25) is 5.02 Å². The molecule has 0 spiro atoms. The summed E-state index contributed by atoms with van der Waals surface area (Å²) in [5.41, 5.74) is 4.57. The number of aliphatic imine (C=N–C) groups is 1. The summed E-state index contributed by atoms with van der Waals surface area (Å²) >= 11 is 6.06. The van der Waals surface area contributed by atoms with Crippen LogP contribution < -0.4 is 5.32 Å². The fraction of sp³-hybridized carbons (Fsp3) is 0.0833. The number of hydrogen-bond donors (Lipinski definition) is 2. The number of rotatable bonds is 2. The van der Waals surface area contributed by atoms with Gasteiger partial charge in [0.1, 0.15) is 5.76 Å². The molecule has 142 valence electrons. The van der Waals surface area contributed by atoms with Crippen LogP contribution in [-0.2, 0) is 0 Å². The topological polar surface area (TPSA) is 61.7 Å². The summed E-state index contributed by atoms with van der Waals surface area (Å²) in [6.45, 7) is 0. The summed E-state index contributed by atoms with van der Waals surface area (Å²) in [7, 11) is 0. The van der Waals surface area contributed by atoms with Gasteiger partial charge in [-0.2, -0.15) is 0 Å². The van der Waals surface area contributed by atoms with Gasteiger partial charge in [0.2, 0.25) is 0 Å². The highest BCUT2D eigenvalue weighted by Gasteiger charge is 2.34. The van der Waals surface area contributed by atoms with Gasteiger partial charge in [-0.25, -0.2) is 0 Å². The third-order valence-electron chi connectivity index (χ3n) is 5.34. The average Bonchev–Trinajstić information content (AvgIpc) is 2.88. The first-order valence-electron chi connectivity index (χ1n) is 9.38. The molecule has 0 bridgehead atoms. The van der Waals surface area contributed by atoms with Crippen molar-refractivity contribution in [2.75, 3.05) is 5.32 Å². The molecule has 3 aromatic rings. The number of anilines is 1. The quantitative estimate of drug-likeness (QED) is 0.543. The first-order chi connectivity index (χ1) is 14.1. The van der Waals surface area contributed by atoms with E-state index in [0.29, 0.717) is 28.3 Å². The van der Waals surface area contributed by atoms with E-state index in [1.807, 2.05) is 54.6 Å². The highest BCUT2D eigenvalue weighted by atomic mass is 35.5. The van der Waals surface area contributed by atoms with Crippen molar-refractivity contribution in [3.8, 4) is 0 Å². The molecule has 0 aromatic heterocycles. The Morgan fingerprint density at radius 2 is 1.62 bits per heavy atom. The number of aliphatic hydroxyl groups is 1. The Balaban J connectivity index is 1.64. The van der Waals surface area contributed by atoms with Crippen LogP contribution in [0.5, 0.6) is 0 Å². The van der Waals surface area contributed by atoms with Gasteiger partial charge in [0.05, 0.1) is 28.7 Å². The van der Waals surface area contributed by atoms with E-state index < -0.39 is 0 Å². The SMILES string of the molecule is O=C1C(C2=Nc3ccccc3NC(c3ccc(Cl)cc3)C2)=C(O)c2ccccc21. The van der Waals surface area contributed by atoms with Crippen LogP contribution in [0, 0.1) is 0 Å². The number of carbonyl (C=O) groups excluding carboxylic acids is 1. The van der Waals surface area contributed by atoms with E-state index in [9.17, 15) is 9.90 Å². The van der Waals surface area contributed by atoms with Crippen molar-refractivity contribution >= 4 is 40.2 Å². The molecule has 2 aliphatic rings. The zero-order chi connectivity index (χ0) is 20.0. The molecular weight excluding hydrogens is 384 g/mol. The molecule has 4 nitrogen and oxygen atoms in total. The zero-order valence-corrected chi connectivity index (χ0v) is 16.1. The first-order valence-corrected chi connectivity index (χ1v) is 9.76. The maximum absolute atomic E-state index is 13.1. The molecule has 2 N–H and O–H groups in total. The second-order valence-corrected chi connectivity index (χ2v) is 7.56. The lowest BCUT2D eigenvalue weighted by molar-refractivity contribution is 0.104. The van der Waals surface area contributed by atoms with E-state index in [1.54, 1.807) is 18.2 Å². The maximum atomic E-state index is 13.1. The largest absolute Gasteiger partial charge is 0.506 e. The molecule has 5 rings (SSSR count). The minimum atomic E-state index is -0.189. The molecule has 0 saturated heterocycles. The van der Waals surface area contributed by atoms with E-state index >= 15 is 0 Å². The second kappa shape index (κ2) is 6.90. The standard InChI is InChI=1S/C24H17ClN2O2/c25-15-11-9-14(10-12-15)20-13-21(27-19-8-4-3-7-18(19)26-20)22-23(28)16-5-1-2-6-17(16)24(22)29/h1-12,20,26,28H,13H2. The Labute approximate surface area is 173 Å². The van der Waals surface area contributed by atoms with Crippen molar-refractivity contribution in [3.05, 3.63) is 100 Å². The molecule has 0 radical (unpaired) electrons. The number of aliphatic hydroxyl groups excluding tert-OH is 1. The summed E-state index contributed by atoms with van der Waals surface area (Å²) in [6, 6.07) is 22.3. The van der Waals surface area contributed by atoms with Crippen molar-refractivity contribution in [2.24, 2.45) is 4.99 Å². The van der Waals surface area contributed by atoms with Crippen LogP contribution in [0.3, 0.4) is 0 Å². The third kappa shape index (κ3) is 3.02. The molecule has 29 heavy (non-hydrogen) atoms. The van der Waals surface area contributed by atoms with Crippen molar-refractivity contribution in [1.29, 1.82) is 0 Å². The third-order valence-corrected chi connectivity index (χ3v) is 5.59. The number of hydrogen-bond acceptors (Lipinski definition) is 4. The monoisotopic (exact) mass is 400 g/mol. The van der Waals surface area contributed by atoms with E-state index in [1.165, 1.54) is 0 Å². The Bertz CT molecular complexity index is 1200. The minimum Gasteiger partial charge on any atom is -0.506 e. The molecule has 1 aliphatic carbocycles. The molecule has 0 amide bonds. The van der Waals surface area contributed by atoms with Crippen LogP contribution in [-0.4, -0.2) is 16.6 Å². The highest BCUT2D eigenvalue weighted by molar-refractivity contribution is 6.36. The number of nitrogens with zero attached hydrogens (tertiary/aromatic N) is 1. The maximum Gasteiger partial charge on any atom is 0.199 e. The Kier molecular flexibility index (Phi) is 4.22. The van der Waals surface area contributed by atoms with E-state index in [2.05, 4.69) is 5.32 Å². The Morgan fingerprint density at radius 3 is 2.38 bits per heavy atom. The van der Waals surface area contributed by atoms with Gasteiger partial charge in [-0.15, -0.1) is 0 Å². The lowest BCUT2D eigenvalue weighted by Gasteiger charge is -2.19. The van der Waals surface area contributed by atoms with Crippen molar-refractivity contribution in [1.82, 2.24) is 0 Å². The summed E-state index contributed by atoms with van der Waals surface area (Å²) in [4.78, 5) is 17.9. The summed E-state index contributed by atoms with van der Waals surface area (Å²) in [6.07, 6.45) is 0.454. The molecule has 1 atom stereocenters. The molecule has 0 saturated carbocycles. The van der Waals surface area contributed by atoms with Gasteiger partial charge in [0.15, 0.2) is 5.78 Å². The lowest BCUT2D eigenvalue weighted by Crippen LogP contribution is -2.17. The van der Waals surface area contributed by atoms with E-state index in [0.717, 1.165) is 16.9 Å². The minimum absolute atomic E-state index is 0.00131. The number of ketones is 1. The molecule has 1 heterocycles. The molecule has 0 fully saturated rings. The molecule has 1 unspecified atom stereocenters. The number of carbonyl (C=O) groups is 1.